The molecule has 2 heterocycles. The van der Waals surface area contributed by atoms with E-state index in [2.05, 4.69) is 10.1 Å². The Labute approximate surface area is 129 Å². The van der Waals surface area contributed by atoms with Crippen LogP contribution in [0.5, 0.6) is 0 Å². The number of alkyl halides is 2. The van der Waals surface area contributed by atoms with E-state index in [4.69, 9.17) is 5.11 Å². The third kappa shape index (κ3) is 3.06. The Morgan fingerprint density at radius 2 is 2.18 bits per heavy atom. The van der Waals surface area contributed by atoms with Gasteiger partial charge in [0.1, 0.15) is 0 Å². The lowest BCUT2D eigenvalue weighted by atomic mass is 10.2. The largest absolute Gasteiger partial charge is 0.481 e. The molecule has 3 rings (SSSR count). The van der Waals surface area contributed by atoms with Crippen LogP contribution >= 0.6 is 11.8 Å². The Kier molecular flexibility index (Phi) is 4.28. The first-order valence-electron chi connectivity index (χ1n) is 7.07. The van der Waals surface area contributed by atoms with Crippen LogP contribution in [-0.2, 0) is 4.79 Å². The molecule has 118 valence electrons. The highest BCUT2D eigenvalue weighted by Gasteiger charge is 2.22. The molecule has 1 fully saturated rings. The van der Waals surface area contributed by atoms with Crippen molar-refractivity contribution < 1.29 is 18.7 Å². The van der Waals surface area contributed by atoms with Crippen LogP contribution in [0.1, 0.15) is 43.7 Å². The van der Waals surface area contributed by atoms with Crippen LogP contribution in [0.4, 0.5) is 8.78 Å². The molecule has 0 saturated heterocycles. The second kappa shape index (κ2) is 6.20. The third-order valence-electron chi connectivity index (χ3n) is 3.80. The van der Waals surface area contributed by atoms with Gasteiger partial charge >= 0.3 is 5.97 Å². The van der Waals surface area contributed by atoms with E-state index >= 15 is 0 Å². The summed E-state index contributed by atoms with van der Waals surface area (Å²) in [4.78, 5) is 14.8. The summed E-state index contributed by atoms with van der Waals surface area (Å²) in [5.41, 5.74) is 0.125. The van der Waals surface area contributed by atoms with Gasteiger partial charge in [0.05, 0.1) is 16.8 Å². The maximum Gasteiger partial charge on any atom is 0.313 e. The summed E-state index contributed by atoms with van der Waals surface area (Å²) in [6.45, 7) is 0. The minimum atomic E-state index is -2.64. The molecule has 0 bridgehead atoms. The lowest BCUT2D eigenvalue weighted by molar-refractivity contribution is -0.133. The molecule has 1 aliphatic carbocycles. The molecule has 1 N–H and O–H groups in total. The molecule has 0 unspecified atom stereocenters. The minimum Gasteiger partial charge on any atom is -0.481 e. The molecule has 5 nitrogen and oxygen atoms in total. The zero-order chi connectivity index (χ0) is 15.7. The van der Waals surface area contributed by atoms with E-state index in [0.717, 1.165) is 37.4 Å². The highest BCUT2D eigenvalue weighted by molar-refractivity contribution is 7.99. The zero-order valence-corrected chi connectivity index (χ0v) is 12.5. The molecule has 0 aliphatic heterocycles. The molecule has 1 saturated carbocycles. The molecule has 22 heavy (non-hydrogen) atoms. The first-order chi connectivity index (χ1) is 10.5. The molecule has 0 atom stereocenters. The monoisotopic (exact) mass is 327 g/mol. The second-order valence-corrected chi connectivity index (χ2v) is 6.31. The quantitative estimate of drug-likeness (QED) is 0.849. The maximum absolute atomic E-state index is 13.3. The number of thioether (sulfide) groups is 1. The van der Waals surface area contributed by atoms with Crippen LogP contribution in [0.2, 0.25) is 0 Å². The highest BCUT2D eigenvalue weighted by atomic mass is 32.2. The normalized spacial score (nSPS) is 16.0. The second-order valence-electron chi connectivity index (χ2n) is 5.32. The number of pyridine rings is 1. The van der Waals surface area contributed by atoms with Gasteiger partial charge in [-0.15, -0.1) is 0 Å². The lowest BCUT2D eigenvalue weighted by Gasteiger charge is -2.07. The van der Waals surface area contributed by atoms with E-state index in [0.29, 0.717) is 5.39 Å². The Morgan fingerprint density at radius 1 is 1.45 bits per heavy atom. The fourth-order valence-electron chi connectivity index (χ4n) is 2.76. The van der Waals surface area contributed by atoms with Crippen molar-refractivity contribution in [2.24, 2.45) is 0 Å². The van der Waals surface area contributed by atoms with Crippen LogP contribution in [0.25, 0.3) is 11.0 Å². The summed E-state index contributed by atoms with van der Waals surface area (Å²) >= 11 is 0.923. The van der Waals surface area contributed by atoms with Crippen molar-refractivity contribution in [3.05, 3.63) is 17.8 Å². The van der Waals surface area contributed by atoms with Crippen LogP contribution in [0.15, 0.2) is 17.3 Å². The third-order valence-corrected chi connectivity index (χ3v) is 4.69. The molecular weight excluding hydrogens is 312 g/mol. The average Bonchev–Trinajstić information content (AvgIpc) is 3.12. The number of carbonyl (C=O) groups is 1. The van der Waals surface area contributed by atoms with Crippen LogP contribution in [0, 0.1) is 0 Å². The number of rotatable bonds is 5. The number of carboxylic acid groups (broad SMARTS) is 1. The summed E-state index contributed by atoms with van der Waals surface area (Å²) in [6, 6.07) is 1.51. The molecule has 0 spiro atoms. The van der Waals surface area contributed by atoms with Crippen molar-refractivity contribution in [1.29, 1.82) is 0 Å². The van der Waals surface area contributed by atoms with Gasteiger partial charge in [-0.25, -0.2) is 13.8 Å². The van der Waals surface area contributed by atoms with Gasteiger partial charge in [0, 0.05) is 17.1 Å². The van der Waals surface area contributed by atoms with Crippen molar-refractivity contribution in [3.8, 4) is 0 Å². The minimum absolute atomic E-state index is 0.137. The summed E-state index contributed by atoms with van der Waals surface area (Å²) < 4.78 is 28.3. The van der Waals surface area contributed by atoms with E-state index in [1.165, 1.54) is 6.07 Å². The van der Waals surface area contributed by atoms with Gasteiger partial charge in [-0.3, -0.25) is 9.48 Å². The number of fused-ring (bicyclic) bond motifs is 1. The predicted octanol–water partition coefficient (Wildman–Crippen LogP) is 3.66. The van der Waals surface area contributed by atoms with E-state index in [-0.39, 0.29) is 28.0 Å². The molecule has 8 heteroatoms. The molecule has 0 aromatic carbocycles. The summed E-state index contributed by atoms with van der Waals surface area (Å²) in [5, 5.41) is 13.6. The SMILES string of the molecule is O=C(O)CSc1cc(C(F)F)c2cn(C3CCCC3)nc2n1. The number of carboxylic acids is 1. The number of hydrogen-bond donors (Lipinski definition) is 1. The fourth-order valence-corrected chi connectivity index (χ4v) is 3.39. The fraction of sp³-hybridized carbons (Fsp3) is 0.500. The van der Waals surface area contributed by atoms with Gasteiger partial charge in [0.2, 0.25) is 0 Å². The summed E-state index contributed by atoms with van der Waals surface area (Å²) in [7, 11) is 0. The first-order valence-corrected chi connectivity index (χ1v) is 8.05. The number of nitrogens with zero attached hydrogens (tertiary/aromatic N) is 3. The van der Waals surface area contributed by atoms with E-state index in [1.54, 1.807) is 10.9 Å². The van der Waals surface area contributed by atoms with Crippen molar-refractivity contribution in [3.63, 3.8) is 0 Å². The number of aromatic nitrogens is 3. The van der Waals surface area contributed by atoms with Gasteiger partial charge in [0.25, 0.3) is 6.43 Å². The molecular formula is C14H15F2N3O2S. The first kappa shape index (κ1) is 15.2. The molecule has 1 aliphatic rings. The van der Waals surface area contributed by atoms with Gasteiger partial charge < -0.3 is 5.11 Å². The Balaban J connectivity index is 2.00. The lowest BCUT2D eigenvalue weighted by Crippen LogP contribution is -2.04. The van der Waals surface area contributed by atoms with Crippen LogP contribution in [-0.4, -0.2) is 31.6 Å². The van der Waals surface area contributed by atoms with Crippen LogP contribution < -0.4 is 0 Å². The van der Waals surface area contributed by atoms with Gasteiger partial charge in [-0.1, -0.05) is 24.6 Å². The Morgan fingerprint density at radius 3 is 2.82 bits per heavy atom. The summed E-state index contributed by atoms with van der Waals surface area (Å²) in [6.07, 6.45) is 3.24. The van der Waals surface area contributed by atoms with E-state index < -0.39 is 12.4 Å². The zero-order valence-electron chi connectivity index (χ0n) is 11.7. The Bertz CT molecular complexity index is 699. The molecule has 0 amide bonds. The predicted molar refractivity (Wildman–Crippen MR) is 78.3 cm³/mol. The number of hydrogen-bond acceptors (Lipinski definition) is 4. The van der Waals surface area contributed by atoms with Crippen molar-refractivity contribution >= 4 is 28.8 Å². The number of halogens is 2. The molecule has 0 radical (unpaired) electrons. The van der Waals surface area contributed by atoms with Gasteiger partial charge in [0.15, 0.2) is 5.65 Å². The average molecular weight is 327 g/mol. The molecule has 2 aromatic heterocycles. The van der Waals surface area contributed by atoms with E-state index in [1.807, 2.05) is 0 Å². The highest BCUT2D eigenvalue weighted by Crippen LogP contribution is 2.34. The van der Waals surface area contributed by atoms with Crippen molar-refractivity contribution in [2.75, 3.05) is 5.75 Å². The van der Waals surface area contributed by atoms with Crippen molar-refractivity contribution in [1.82, 2.24) is 14.8 Å². The smallest absolute Gasteiger partial charge is 0.313 e. The summed E-state index contributed by atoms with van der Waals surface area (Å²) in [5.74, 6) is -1.23. The standard InChI is InChI=1S/C14H15F2N3O2S/c15-13(16)9-5-11(22-7-12(20)21)17-14-10(9)6-19(18-14)8-3-1-2-4-8/h5-6,8,13H,1-4,7H2,(H,20,21). The number of aliphatic carboxylic acids is 1. The topological polar surface area (TPSA) is 68.0 Å². The maximum atomic E-state index is 13.3. The van der Waals surface area contributed by atoms with Gasteiger partial charge in [-0.2, -0.15) is 5.10 Å². The van der Waals surface area contributed by atoms with Crippen LogP contribution in [0.3, 0.4) is 0 Å². The van der Waals surface area contributed by atoms with Gasteiger partial charge in [-0.05, 0) is 18.9 Å². The Hall–Kier alpha value is -1.70. The molecule has 2 aromatic rings. The van der Waals surface area contributed by atoms with E-state index in [9.17, 15) is 13.6 Å². The van der Waals surface area contributed by atoms with Crippen molar-refractivity contribution in [2.45, 2.75) is 43.2 Å².